The highest BCUT2D eigenvalue weighted by Crippen LogP contribution is 2.44. The van der Waals surface area contributed by atoms with Crippen LogP contribution in [-0.4, -0.2) is 19.1 Å². The topological polar surface area (TPSA) is 48.8 Å². The Balaban J connectivity index is 1.18. The van der Waals surface area contributed by atoms with Crippen molar-refractivity contribution in [3.8, 4) is 34.0 Å². The number of hydrogen-bond donors (Lipinski definition) is 0. The second-order valence-electron chi connectivity index (χ2n) is 14.2. The number of fused-ring (bicyclic) bond motifs is 11. The van der Waals surface area contributed by atoms with Gasteiger partial charge in [-0.3, -0.25) is 0 Å². The lowest BCUT2D eigenvalue weighted by atomic mass is 10.1. The molecule has 0 spiro atoms. The van der Waals surface area contributed by atoms with E-state index in [9.17, 15) is 0 Å². The van der Waals surface area contributed by atoms with Gasteiger partial charge in [-0.15, -0.1) is 0 Å². The van der Waals surface area contributed by atoms with Gasteiger partial charge in [-0.05, 0) is 66.7 Å². The largest absolute Gasteiger partial charge is 0.455 e. The maximum Gasteiger partial charge on any atom is 0.160 e. The van der Waals surface area contributed by atoms with Crippen molar-refractivity contribution in [2.24, 2.45) is 0 Å². The first kappa shape index (κ1) is 30.0. The van der Waals surface area contributed by atoms with Crippen LogP contribution >= 0.6 is 0 Å². The maximum atomic E-state index is 6.75. The molecule has 0 amide bonds. The first-order valence-corrected chi connectivity index (χ1v) is 18.6. The van der Waals surface area contributed by atoms with E-state index >= 15 is 0 Å². The average Bonchev–Trinajstić information content (AvgIpc) is 3.90. The third-order valence-electron chi connectivity index (χ3n) is 11.1. The van der Waals surface area contributed by atoms with Gasteiger partial charge in [0.25, 0.3) is 0 Å². The monoisotopic (exact) mass is 702 g/mol. The second-order valence-corrected chi connectivity index (χ2v) is 14.2. The van der Waals surface area contributed by atoms with Crippen molar-refractivity contribution in [1.29, 1.82) is 0 Å². The summed E-state index contributed by atoms with van der Waals surface area (Å²) in [6.07, 6.45) is 0. The first-order valence-electron chi connectivity index (χ1n) is 18.6. The molecule has 12 aromatic rings. The molecule has 0 radical (unpaired) electrons. The van der Waals surface area contributed by atoms with Gasteiger partial charge < -0.3 is 13.6 Å². The van der Waals surface area contributed by atoms with Gasteiger partial charge in [-0.25, -0.2) is 9.97 Å². The zero-order valence-corrected chi connectivity index (χ0v) is 29.5. The lowest BCUT2D eigenvalue weighted by molar-refractivity contribution is 0.673. The van der Waals surface area contributed by atoms with E-state index in [0.717, 1.165) is 88.4 Å². The van der Waals surface area contributed by atoms with Crippen LogP contribution in [0.4, 0.5) is 0 Å². The minimum absolute atomic E-state index is 0.687. The quantitative estimate of drug-likeness (QED) is 0.183. The average molecular weight is 703 g/mol. The molecule has 0 atom stereocenters. The molecule has 4 aromatic heterocycles. The Morgan fingerprint density at radius 1 is 0.382 bits per heavy atom. The molecule has 55 heavy (non-hydrogen) atoms. The first-order chi connectivity index (χ1) is 27.3. The highest BCUT2D eigenvalue weighted by Gasteiger charge is 2.22. The Hall–Kier alpha value is -7.50. The maximum absolute atomic E-state index is 6.75. The molecular weight excluding hydrogens is 673 g/mol. The van der Waals surface area contributed by atoms with E-state index in [0.29, 0.717) is 5.82 Å². The van der Waals surface area contributed by atoms with Crippen molar-refractivity contribution in [2.45, 2.75) is 0 Å². The molecule has 0 unspecified atom stereocenters. The highest BCUT2D eigenvalue weighted by atomic mass is 16.3. The summed E-state index contributed by atoms with van der Waals surface area (Å²) in [5, 5.41) is 7.91. The Morgan fingerprint density at radius 2 is 1.05 bits per heavy atom. The Bertz CT molecular complexity index is 3480. The summed E-state index contributed by atoms with van der Waals surface area (Å²) >= 11 is 0. The summed E-state index contributed by atoms with van der Waals surface area (Å²) < 4.78 is 11.5. The van der Waals surface area contributed by atoms with Crippen molar-refractivity contribution in [3.63, 3.8) is 0 Å². The molecule has 0 bridgehead atoms. The van der Waals surface area contributed by atoms with Crippen LogP contribution in [0, 0.1) is 0 Å². The van der Waals surface area contributed by atoms with Crippen LogP contribution in [0.1, 0.15) is 0 Å². The molecule has 4 heterocycles. The minimum Gasteiger partial charge on any atom is -0.455 e. The molecule has 0 aliphatic rings. The SMILES string of the molecule is c1ccc(-c2nc(-c3cccc(-n4c5cc6c(cc5c5c7oc8ccccc8c7ccc54)c4ccccc4n6-c4ccccc4)c3)nc3ccccc23)cc1. The molecule has 0 aliphatic heterocycles. The molecule has 5 heteroatoms. The number of furan rings is 1. The number of aromatic nitrogens is 4. The molecular formula is C50H30N4O. The van der Waals surface area contributed by atoms with Gasteiger partial charge in [-0.1, -0.05) is 115 Å². The second kappa shape index (κ2) is 11.5. The summed E-state index contributed by atoms with van der Waals surface area (Å²) in [5.41, 5.74) is 12.3. The molecule has 5 nitrogen and oxygen atoms in total. The van der Waals surface area contributed by atoms with Crippen molar-refractivity contribution < 1.29 is 4.42 Å². The van der Waals surface area contributed by atoms with Gasteiger partial charge >= 0.3 is 0 Å². The predicted octanol–water partition coefficient (Wildman–Crippen LogP) is 13.1. The minimum atomic E-state index is 0.687. The molecule has 0 saturated heterocycles. The lowest BCUT2D eigenvalue weighted by Crippen LogP contribution is -1.98. The lowest BCUT2D eigenvalue weighted by Gasteiger charge is -2.12. The van der Waals surface area contributed by atoms with Gasteiger partial charge in [0.15, 0.2) is 5.82 Å². The van der Waals surface area contributed by atoms with Crippen LogP contribution < -0.4 is 0 Å². The number of rotatable bonds is 4. The van der Waals surface area contributed by atoms with E-state index in [1.807, 2.05) is 24.3 Å². The van der Waals surface area contributed by atoms with Gasteiger partial charge in [0.1, 0.15) is 11.2 Å². The summed E-state index contributed by atoms with van der Waals surface area (Å²) in [5.74, 6) is 0.687. The Labute approximate surface area is 315 Å². The third-order valence-corrected chi connectivity index (χ3v) is 11.1. The third kappa shape index (κ3) is 4.41. The van der Waals surface area contributed by atoms with Crippen LogP contribution in [0.15, 0.2) is 186 Å². The van der Waals surface area contributed by atoms with Crippen molar-refractivity contribution in [3.05, 3.63) is 182 Å². The van der Waals surface area contributed by atoms with Gasteiger partial charge in [0.2, 0.25) is 0 Å². The molecule has 0 saturated carbocycles. The fraction of sp³-hybridized carbons (Fsp3) is 0. The number of para-hydroxylation sites is 4. The standard InChI is InChI=1S/C50H30N4O/c1-3-14-31(15-4-1)48-38-22-7-10-23-41(38)51-50(52-48)32-16-13-19-34(28-32)54-43-27-26-37-36-21-9-12-25-46(36)55-49(37)47(43)40-29-39-35-20-8-11-24-42(35)53(44(39)30-45(40)54)33-17-5-2-6-18-33/h1-30H. The summed E-state index contributed by atoms with van der Waals surface area (Å²) in [6, 6.07) is 64.1. The van der Waals surface area contributed by atoms with Gasteiger partial charge in [0.05, 0.1) is 38.7 Å². The Kier molecular flexibility index (Phi) is 6.27. The molecule has 0 fully saturated rings. The van der Waals surface area contributed by atoms with Gasteiger partial charge in [-0.2, -0.15) is 0 Å². The van der Waals surface area contributed by atoms with Crippen LogP contribution in [0.2, 0.25) is 0 Å². The zero-order valence-electron chi connectivity index (χ0n) is 29.5. The van der Waals surface area contributed by atoms with Crippen LogP contribution in [0.5, 0.6) is 0 Å². The molecule has 8 aromatic carbocycles. The number of nitrogens with zero attached hydrogens (tertiary/aromatic N) is 4. The molecule has 256 valence electrons. The Morgan fingerprint density at radius 3 is 1.93 bits per heavy atom. The van der Waals surface area contributed by atoms with Gasteiger partial charge in [0, 0.05) is 54.8 Å². The number of benzene rings is 8. The van der Waals surface area contributed by atoms with Crippen LogP contribution in [0.25, 0.3) is 110 Å². The fourth-order valence-corrected chi connectivity index (χ4v) is 8.68. The summed E-state index contributed by atoms with van der Waals surface area (Å²) in [7, 11) is 0. The normalized spacial score (nSPS) is 12.0. The summed E-state index contributed by atoms with van der Waals surface area (Å²) in [4.78, 5) is 10.3. The van der Waals surface area contributed by atoms with E-state index in [2.05, 4.69) is 167 Å². The molecule has 0 aliphatic carbocycles. The van der Waals surface area contributed by atoms with Crippen LogP contribution in [-0.2, 0) is 0 Å². The smallest absolute Gasteiger partial charge is 0.160 e. The van der Waals surface area contributed by atoms with E-state index in [-0.39, 0.29) is 0 Å². The van der Waals surface area contributed by atoms with Crippen molar-refractivity contribution >= 4 is 76.5 Å². The fourth-order valence-electron chi connectivity index (χ4n) is 8.68. The van der Waals surface area contributed by atoms with Crippen molar-refractivity contribution in [1.82, 2.24) is 19.1 Å². The van der Waals surface area contributed by atoms with E-state index < -0.39 is 0 Å². The van der Waals surface area contributed by atoms with E-state index in [4.69, 9.17) is 14.4 Å². The predicted molar refractivity (Wildman–Crippen MR) is 226 cm³/mol. The highest BCUT2D eigenvalue weighted by molar-refractivity contribution is 6.26. The van der Waals surface area contributed by atoms with Crippen molar-refractivity contribution in [2.75, 3.05) is 0 Å². The van der Waals surface area contributed by atoms with E-state index in [1.165, 1.54) is 16.3 Å². The molecule has 12 rings (SSSR count). The molecule has 0 N–H and O–H groups in total. The van der Waals surface area contributed by atoms with E-state index in [1.54, 1.807) is 0 Å². The zero-order chi connectivity index (χ0) is 36.0. The summed E-state index contributed by atoms with van der Waals surface area (Å²) in [6.45, 7) is 0. The van der Waals surface area contributed by atoms with Crippen LogP contribution in [0.3, 0.4) is 0 Å². The number of hydrogen-bond acceptors (Lipinski definition) is 3.